The average molecular weight is 558 g/mol. The third kappa shape index (κ3) is 7.41. The van der Waals surface area contributed by atoms with Crippen LogP contribution in [-0.2, 0) is 26.2 Å². The Kier molecular flexibility index (Phi) is 9.80. The first kappa shape index (κ1) is 29.8. The van der Waals surface area contributed by atoms with E-state index in [-0.39, 0.29) is 28.7 Å². The van der Waals surface area contributed by atoms with Crippen molar-refractivity contribution in [3.63, 3.8) is 0 Å². The molecule has 0 aromatic heterocycles. The number of benzene rings is 3. The molecule has 208 valence electrons. The molecule has 1 N–H and O–H groups in total. The molecule has 0 radical (unpaired) electrons. The van der Waals surface area contributed by atoms with Gasteiger partial charge in [-0.25, -0.2) is 17.2 Å². The lowest BCUT2D eigenvalue weighted by atomic mass is 10.1. The predicted octanol–water partition coefficient (Wildman–Crippen LogP) is 4.80. The smallest absolute Gasteiger partial charge is 0.264 e. The van der Waals surface area contributed by atoms with Crippen molar-refractivity contribution in [3.05, 3.63) is 95.6 Å². The molecular formula is C29H33F2N3O4S. The number of anilines is 1. The van der Waals surface area contributed by atoms with E-state index in [1.165, 1.54) is 25.1 Å². The molecule has 0 aliphatic rings. The van der Waals surface area contributed by atoms with E-state index >= 15 is 0 Å². The van der Waals surface area contributed by atoms with Crippen molar-refractivity contribution in [2.75, 3.05) is 10.8 Å². The molecule has 3 aromatic rings. The number of carbonyl (C=O) groups is 2. The highest BCUT2D eigenvalue weighted by molar-refractivity contribution is 7.92. The standard InChI is InChI=1S/C29H33F2N3O4S/c1-5-21(3)32-29(36)22(4)33(18-23-8-6-7-9-27(23)31)28(35)19-34(25-14-10-20(2)11-15-25)39(37,38)26-16-12-24(30)13-17-26/h6-17,21-22H,5,18-19H2,1-4H3,(H,32,36)/t21-,22+/m1/s1. The number of rotatable bonds is 11. The number of sulfonamides is 1. The zero-order valence-corrected chi connectivity index (χ0v) is 23.2. The molecule has 3 aromatic carbocycles. The van der Waals surface area contributed by atoms with Gasteiger partial charge in [0.25, 0.3) is 10.0 Å². The minimum atomic E-state index is -4.32. The number of carbonyl (C=O) groups excluding carboxylic acids is 2. The van der Waals surface area contributed by atoms with Gasteiger partial charge in [0.1, 0.15) is 24.2 Å². The molecule has 0 spiro atoms. The van der Waals surface area contributed by atoms with Gasteiger partial charge in [-0.15, -0.1) is 0 Å². The van der Waals surface area contributed by atoms with Crippen LogP contribution in [0.25, 0.3) is 0 Å². The van der Waals surface area contributed by atoms with Gasteiger partial charge < -0.3 is 10.2 Å². The maximum absolute atomic E-state index is 14.6. The highest BCUT2D eigenvalue weighted by atomic mass is 32.2. The lowest BCUT2D eigenvalue weighted by Gasteiger charge is -2.32. The highest BCUT2D eigenvalue weighted by Crippen LogP contribution is 2.25. The SMILES string of the molecule is CC[C@@H](C)NC(=O)[C@H](C)N(Cc1ccccc1F)C(=O)CN(c1ccc(C)cc1)S(=O)(=O)c1ccc(F)cc1. The number of nitrogens with one attached hydrogen (secondary N) is 1. The number of hydrogen-bond acceptors (Lipinski definition) is 4. The lowest BCUT2D eigenvalue weighted by molar-refractivity contribution is -0.139. The summed E-state index contributed by atoms with van der Waals surface area (Å²) in [6.07, 6.45) is 0.664. The molecule has 0 saturated carbocycles. The Bertz CT molecular complexity index is 1400. The second-order valence-electron chi connectivity index (χ2n) is 9.41. The first-order chi connectivity index (χ1) is 18.4. The zero-order valence-electron chi connectivity index (χ0n) is 22.4. The third-order valence-electron chi connectivity index (χ3n) is 6.47. The molecule has 2 atom stereocenters. The van der Waals surface area contributed by atoms with Crippen LogP contribution in [-0.4, -0.2) is 43.8 Å². The van der Waals surface area contributed by atoms with Gasteiger partial charge in [0, 0.05) is 18.2 Å². The number of amides is 2. The Hall–Kier alpha value is -3.79. The van der Waals surface area contributed by atoms with E-state index in [9.17, 15) is 26.8 Å². The first-order valence-corrected chi connectivity index (χ1v) is 14.1. The zero-order chi connectivity index (χ0) is 28.7. The van der Waals surface area contributed by atoms with Crippen molar-refractivity contribution >= 4 is 27.5 Å². The Labute approximate surface area is 228 Å². The summed E-state index contributed by atoms with van der Waals surface area (Å²) in [4.78, 5) is 27.8. The van der Waals surface area contributed by atoms with Crippen LogP contribution in [0.15, 0.2) is 77.7 Å². The van der Waals surface area contributed by atoms with E-state index in [1.807, 2.05) is 20.8 Å². The van der Waals surface area contributed by atoms with Crippen molar-refractivity contribution in [1.82, 2.24) is 10.2 Å². The molecule has 10 heteroatoms. The largest absolute Gasteiger partial charge is 0.352 e. The van der Waals surface area contributed by atoms with Crippen LogP contribution in [0.2, 0.25) is 0 Å². The van der Waals surface area contributed by atoms with E-state index in [2.05, 4.69) is 5.32 Å². The molecule has 2 amide bonds. The molecule has 0 heterocycles. The van der Waals surface area contributed by atoms with Crippen LogP contribution in [0.4, 0.5) is 14.5 Å². The lowest BCUT2D eigenvalue weighted by Crippen LogP contribution is -2.52. The van der Waals surface area contributed by atoms with E-state index in [4.69, 9.17) is 0 Å². The van der Waals surface area contributed by atoms with Crippen molar-refractivity contribution in [2.24, 2.45) is 0 Å². The Balaban J connectivity index is 2.03. The second kappa shape index (κ2) is 12.8. The average Bonchev–Trinajstić information content (AvgIpc) is 2.91. The van der Waals surface area contributed by atoms with Gasteiger partial charge in [0.15, 0.2) is 0 Å². The Morgan fingerprint density at radius 3 is 2.13 bits per heavy atom. The van der Waals surface area contributed by atoms with E-state index in [1.54, 1.807) is 30.3 Å². The van der Waals surface area contributed by atoms with Crippen LogP contribution >= 0.6 is 0 Å². The molecule has 0 saturated heterocycles. The van der Waals surface area contributed by atoms with Gasteiger partial charge in [-0.3, -0.25) is 13.9 Å². The number of halogens is 2. The minimum Gasteiger partial charge on any atom is -0.352 e. The fraction of sp³-hybridized carbons (Fsp3) is 0.310. The molecule has 0 aliphatic carbocycles. The van der Waals surface area contributed by atoms with Crippen molar-refractivity contribution in [2.45, 2.75) is 57.6 Å². The molecule has 0 bridgehead atoms. The molecule has 7 nitrogen and oxygen atoms in total. The Morgan fingerprint density at radius 2 is 1.54 bits per heavy atom. The number of hydrogen-bond donors (Lipinski definition) is 1. The quantitative estimate of drug-likeness (QED) is 0.367. The van der Waals surface area contributed by atoms with Crippen LogP contribution in [0.1, 0.15) is 38.3 Å². The summed E-state index contributed by atoms with van der Waals surface area (Å²) in [6, 6.07) is 15.5. The molecule has 0 fully saturated rings. The van der Waals surface area contributed by atoms with Crippen molar-refractivity contribution < 1.29 is 26.8 Å². The van der Waals surface area contributed by atoms with E-state index in [0.29, 0.717) is 6.42 Å². The van der Waals surface area contributed by atoms with Gasteiger partial charge in [-0.05, 0) is 69.7 Å². The molecular weight excluding hydrogens is 524 g/mol. The molecule has 0 aliphatic heterocycles. The predicted molar refractivity (Wildman–Crippen MR) is 146 cm³/mol. The summed E-state index contributed by atoms with van der Waals surface area (Å²) in [5.41, 5.74) is 1.26. The van der Waals surface area contributed by atoms with Gasteiger partial charge in [0.05, 0.1) is 10.6 Å². The molecule has 39 heavy (non-hydrogen) atoms. The summed E-state index contributed by atoms with van der Waals surface area (Å²) < 4.78 is 56.4. The van der Waals surface area contributed by atoms with Gasteiger partial charge >= 0.3 is 0 Å². The fourth-order valence-electron chi connectivity index (χ4n) is 3.83. The van der Waals surface area contributed by atoms with Gasteiger partial charge in [-0.1, -0.05) is 42.8 Å². The second-order valence-corrected chi connectivity index (χ2v) is 11.3. The van der Waals surface area contributed by atoms with E-state index < -0.39 is 46.1 Å². The molecule has 3 rings (SSSR count). The van der Waals surface area contributed by atoms with Crippen LogP contribution < -0.4 is 9.62 Å². The first-order valence-electron chi connectivity index (χ1n) is 12.6. The number of nitrogens with zero attached hydrogens (tertiary/aromatic N) is 2. The molecule has 0 unspecified atom stereocenters. The highest BCUT2D eigenvalue weighted by Gasteiger charge is 2.33. The van der Waals surface area contributed by atoms with Gasteiger partial charge in [0.2, 0.25) is 11.8 Å². The normalized spacial score (nSPS) is 12.9. The van der Waals surface area contributed by atoms with Gasteiger partial charge in [-0.2, -0.15) is 0 Å². The summed E-state index contributed by atoms with van der Waals surface area (Å²) >= 11 is 0. The maximum atomic E-state index is 14.6. The van der Waals surface area contributed by atoms with Crippen molar-refractivity contribution in [1.29, 1.82) is 0 Å². The minimum absolute atomic E-state index is 0.159. The summed E-state index contributed by atoms with van der Waals surface area (Å²) in [7, 11) is -4.32. The maximum Gasteiger partial charge on any atom is 0.264 e. The summed E-state index contributed by atoms with van der Waals surface area (Å²) in [5, 5.41) is 2.82. The Morgan fingerprint density at radius 1 is 0.923 bits per heavy atom. The van der Waals surface area contributed by atoms with Crippen LogP contribution in [0.3, 0.4) is 0 Å². The fourth-order valence-corrected chi connectivity index (χ4v) is 5.25. The topological polar surface area (TPSA) is 86.8 Å². The monoisotopic (exact) mass is 557 g/mol. The van der Waals surface area contributed by atoms with Crippen molar-refractivity contribution in [3.8, 4) is 0 Å². The summed E-state index contributed by atoms with van der Waals surface area (Å²) in [5.74, 6) is -2.32. The third-order valence-corrected chi connectivity index (χ3v) is 8.26. The summed E-state index contributed by atoms with van der Waals surface area (Å²) in [6.45, 7) is 6.15. The van der Waals surface area contributed by atoms with Crippen LogP contribution in [0.5, 0.6) is 0 Å². The van der Waals surface area contributed by atoms with Crippen LogP contribution in [0, 0.1) is 18.6 Å². The number of aryl methyl sites for hydroxylation is 1. The van der Waals surface area contributed by atoms with E-state index in [0.717, 1.165) is 39.0 Å².